The quantitative estimate of drug-likeness (QED) is 0.0527. The van der Waals surface area contributed by atoms with Crippen molar-refractivity contribution in [1.82, 2.24) is 4.57 Å². The summed E-state index contributed by atoms with van der Waals surface area (Å²) in [7, 11) is 0. The van der Waals surface area contributed by atoms with E-state index in [1.54, 1.807) is 0 Å². The van der Waals surface area contributed by atoms with Gasteiger partial charge in [0.2, 0.25) is 6.33 Å². The smallest absolute Gasteiger partial charge is 0.237 e. The minimum absolute atomic E-state index is 0.00842. The van der Waals surface area contributed by atoms with Gasteiger partial charge in [0.05, 0.1) is 6.54 Å². The first-order chi connectivity index (χ1) is 23.2. The van der Waals surface area contributed by atoms with E-state index < -0.39 is 0 Å². The predicted octanol–water partition coefficient (Wildman–Crippen LogP) is 13.5. The fourth-order valence-corrected chi connectivity index (χ4v) is 7.74. The average Bonchev–Trinajstić information content (AvgIpc) is 3.56. The highest BCUT2D eigenvalue weighted by Gasteiger charge is 2.40. The van der Waals surface area contributed by atoms with Crippen LogP contribution >= 0.6 is 0 Å². The number of unbranched alkanes of at least 4 members (excludes halogenated alkanes) is 20. The summed E-state index contributed by atoms with van der Waals surface area (Å²) in [6.07, 6.45) is 40.2. The molecule has 0 spiro atoms. The first kappa shape index (κ1) is 39.1. The molecule has 47 heavy (non-hydrogen) atoms. The van der Waals surface area contributed by atoms with E-state index in [0.29, 0.717) is 6.04 Å². The zero-order valence-electron chi connectivity index (χ0n) is 31.2. The van der Waals surface area contributed by atoms with Crippen LogP contribution in [-0.2, 0) is 18.4 Å². The van der Waals surface area contributed by atoms with E-state index in [1.807, 2.05) is 0 Å². The number of nitrogens with zero attached hydrogens (tertiary/aromatic N) is 2. The third kappa shape index (κ3) is 15.6. The Morgan fingerprint density at radius 3 is 1.51 bits per heavy atom. The van der Waals surface area contributed by atoms with E-state index in [1.165, 1.54) is 159 Å². The molecule has 3 rings (SSSR count). The van der Waals surface area contributed by atoms with Crippen LogP contribution in [-0.4, -0.2) is 4.57 Å². The Bertz CT molecular complexity index is 1120. The molecule has 0 aliphatic heterocycles. The summed E-state index contributed by atoms with van der Waals surface area (Å²) in [6, 6.07) is 23.0. The first-order valence-corrected chi connectivity index (χ1v) is 20.3. The number of benzene rings is 2. The highest BCUT2D eigenvalue weighted by molar-refractivity contribution is 5.30. The molecule has 3 aromatic rings. The third-order valence-corrected chi connectivity index (χ3v) is 10.8. The molecule has 262 valence electrons. The molecule has 2 nitrogen and oxygen atoms in total. The average molecular weight is 642 g/mol. The Kier molecular flexibility index (Phi) is 20.6. The van der Waals surface area contributed by atoms with Crippen molar-refractivity contribution < 1.29 is 4.57 Å². The number of hydrogen-bond donors (Lipinski definition) is 0. The summed E-state index contributed by atoms with van der Waals surface area (Å²) < 4.78 is 5.06. The van der Waals surface area contributed by atoms with Crippen molar-refractivity contribution in [2.75, 3.05) is 0 Å². The first-order valence-electron chi connectivity index (χ1n) is 20.3. The van der Waals surface area contributed by atoms with Crippen LogP contribution in [0.3, 0.4) is 0 Å². The molecule has 0 saturated carbocycles. The lowest BCUT2D eigenvalue weighted by molar-refractivity contribution is -0.697. The summed E-state index contributed by atoms with van der Waals surface area (Å²) >= 11 is 0. The maximum absolute atomic E-state index is 2.59. The number of aryl methyl sites for hydroxylation is 1. The van der Waals surface area contributed by atoms with Crippen LogP contribution in [0.15, 0.2) is 79.4 Å². The molecule has 1 heterocycles. The molecule has 0 amide bonds. The number of rotatable bonds is 29. The fraction of sp³-hybridized carbons (Fsp3) is 0.667. The van der Waals surface area contributed by atoms with Crippen molar-refractivity contribution in [3.8, 4) is 0 Å². The van der Waals surface area contributed by atoms with Crippen molar-refractivity contribution in [2.45, 2.75) is 193 Å². The second kappa shape index (κ2) is 24.7. The Labute approximate surface area is 291 Å². The lowest BCUT2D eigenvalue weighted by Crippen LogP contribution is -2.38. The fourth-order valence-electron chi connectivity index (χ4n) is 7.74. The molecule has 0 saturated heterocycles. The second-order valence-corrected chi connectivity index (χ2v) is 14.9. The van der Waals surface area contributed by atoms with E-state index in [4.69, 9.17) is 0 Å². The highest BCUT2D eigenvalue weighted by atomic mass is 15.1. The zero-order chi connectivity index (χ0) is 33.3. The van der Waals surface area contributed by atoms with Crippen LogP contribution in [0.5, 0.6) is 0 Å². The van der Waals surface area contributed by atoms with Crippen LogP contribution < -0.4 is 4.57 Å². The van der Waals surface area contributed by atoms with Crippen molar-refractivity contribution in [3.63, 3.8) is 0 Å². The van der Waals surface area contributed by atoms with E-state index in [0.717, 1.165) is 13.0 Å². The van der Waals surface area contributed by atoms with E-state index in [2.05, 4.69) is 109 Å². The Morgan fingerprint density at radius 1 is 0.553 bits per heavy atom. The van der Waals surface area contributed by atoms with Gasteiger partial charge in [0, 0.05) is 5.41 Å². The minimum Gasteiger partial charge on any atom is -0.237 e. The summed E-state index contributed by atoms with van der Waals surface area (Å²) in [5.41, 5.74) is 2.90. The molecular formula is C45H73N2+. The lowest BCUT2D eigenvalue weighted by Gasteiger charge is -2.37. The largest absolute Gasteiger partial charge is 0.244 e. The molecule has 2 heteroatoms. The molecule has 0 radical (unpaired) electrons. The van der Waals surface area contributed by atoms with Gasteiger partial charge in [-0.3, -0.25) is 0 Å². The molecule has 2 unspecified atom stereocenters. The van der Waals surface area contributed by atoms with Crippen LogP contribution in [0.1, 0.15) is 186 Å². The minimum atomic E-state index is 0.00842. The van der Waals surface area contributed by atoms with Crippen LogP contribution in [0, 0.1) is 0 Å². The SMILES string of the molecule is CCCCCCCCCCCCCC(n1cc[n+](CCCCCCCCCCCCC)c1)C(C)(Cc1ccccc1)c1ccccc1. The van der Waals surface area contributed by atoms with Crippen LogP contribution in [0.4, 0.5) is 0 Å². The molecule has 0 aliphatic carbocycles. The van der Waals surface area contributed by atoms with Gasteiger partial charge in [0.25, 0.3) is 0 Å². The lowest BCUT2D eigenvalue weighted by atomic mass is 9.70. The van der Waals surface area contributed by atoms with Gasteiger partial charge >= 0.3 is 0 Å². The summed E-state index contributed by atoms with van der Waals surface area (Å²) in [5, 5.41) is 0. The molecule has 0 bridgehead atoms. The summed E-state index contributed by atoms with van der Waals surface area (Å²) in [4.78, 5) is 0. The van der Waals surface area contributed by atoms with Crippen molar-refractivity contribution >= 4 is 0 Å². The standard InChI is InChI=1S/C45H73N2/c1-4-6-8-10-12-14-16-18-20-22-30-36-44(45(3,43-34-28-25-29-35-43)40-42-32-26-24-27-33-42)47-39-38-46(41-47)37-31-23-21-19-17-15-13-11-9-7-5-2/h24-29,32-35,38-39,41,44H,4-23,30-31,36-37,40H2,1-3H3/q+1. The van der Waals surface area contributed by atoms with Crippen molar-refractivity contribution in [3.05, 3.63) is 90.5 Å². The van der Waals surface area contributed by atoms with Gasteiger partial charge in [-0.25, -0.2) is 9.13 Å². The molecule has 2 atom stereocenters. The Morgan fingerprint density at radius 2 is 1.00 bits per heavy atom. The van der Waals surface area contributed by atoms with E-state index >= 15 is 0 Å². The molecule has 2 aromatic carbocycles. The van der Waals surface area contributed by atoms with Gasteiger partial charge in [0.1, 0.15) is 18.4 Å². The van der Waals surface area contributed by atoms with Crippen molar-refractivity contribution in [1.29, 1.82) is 0 Å². The molecular weight excluding hydrogens is 569 g/mol. The predicted molar refractivity (Wildman–Crippen MR) is 205 cm³/mol. The molecule has 0 fully saturated rings. The highest BCUT2D eigenvalue weighted by Crippen LogP contribution is 2.41. The van der Waals surface area contributed by atoms with Gasteiger partial charge in [0.15, 0.2) is 0 Å². The van der Waals surface area contributed by atoms with Gasteiger partial charge in [-0.15, -0.1) is 0 Å². The van der Waals surface area contributed by atoms with Gasteiger partial charge in [-0.2, -0.15) is 0 Å². The van der Waals surface area contributed by atoms with Crippen molar-refractivity contribution in [2.24, 2.45) is 0 Å². The second-order valence-electron chi connectivity index (χ2n) is 14.9. The van der Waals surface area contributed by atoms with Gasteiger partial charge < -0.3 is 0 Å². The topological polar surface area (TPSA) is 8.81 Å². The summed E-state index contributed by atoms with van der Waals surface area (Å²) in [5.74, 6) is 0. The number of aromatic nitrogens is 2. The Balaban J connectivity index is 1.57. The summed E-state index contributed by atoms with van der Waals surface area (Å²) in [6.45, 7) is 8.28. The maximum atomic E-state index is 2.59. The van der Waals surface area contributed by atoms with Crippen LogP contribution in [0.25, 0.3) is 0 Å². The maximum Gasteiger partial charge on any atom is 0.244 e. The number of hydrogen-bond acceptors (Lipinski definition) is 0. The number of imidazole rings is 1. The normalized spacial score (nSPS) is 13.5. The van der Waals surface area contributed by atoms with Crippen LogP contribution in [0.2, 0.25) is 0 Å². The molecule has 0 aliphatic rings. The third-order valence-electron chi connectivity index (χ3n) is 10.8. The monoisotopic (exact) mass is 642 g/mol. The van der Waals surface area contributed by atoms with Gasteiger partial charge in [-0.1, -0.05) is 203 Å². The Hall–Kier alpha value is -2.35. The zero-order valence-corrected chi connectivity index (χ0v) is 31.2. The van der Waals surface area contributed by atoms with E-state index in [-0.39, 0.29) is 5.41 Å². The van der Waals surface area contributed by atoms with Gasteiger partial charge in [-0.05, 0) is 43.2 Å². The molecule has 0 N–H and O–H groups in total. The van der Waals surface area contributed by atoms with E-state index in [9.17, 15) is 0 Å². The molecule has 1 aromatic heterocycles.